The molecule has 30 heavy (non-hydrogen) atoms. The summed E-state index contributed by atoms with van der Waals surface area (Å²) >= 11 is 0. The van der Waals surface area contributed by atoms with Gasteiger partial charge < -0.3 is 25.2 Å². The second kappa shape index (κ2) is 9.41. The summed E-state index contributed by atoms with van der Waals surface area (Å²) in [5.74, 6) is 1.07. The molecule has 0 saturated carbocycles. The molecule has 1 aliphatic rings. The highest BCUT2D eigenvalue weighted by atomic mass is 16.5. The van der Waals surface area contributed by atoms with Gasteiger partial charge in [0.25, 0.3) is 0 Å². The first-order valence-electron chi connectivity index (χ1n) is 10.1. The van der Waals surface area contributed by atoms with Crippen LogP contribution in [-0.2, 0) is 4.74 Å². The number of anilines is 2. The van der Waals surface area contributed by atoms with Crippen molar-refractivity contribution >= 4 is 17.4 Å². The van der Waals surface area contributed by atoms with Gasteiger partial charge in [-0.1, -0.05) is 35.5 Å². The lowest BCUT2D eigenvalue weighted by molar-refractivity contribution is 0.112. The van der Waals surface area contributed by atoms with E-state index in [2.05, 4.69) is 26.1 Å². The van der Waals surface area contributed by atoms with Crippen molar-refractivity contribution in [2.75, 3.05) is 23.8 Å². The fourth-order valence-corrected chi connectivity index (χ4v) is 3.26. The van der Waals surface area contributed by atoms with Crippen molar-refractivity contribution in [2.24, 2.45) is 0 Å². The van der Waals surface area contributed by atoms with Gasteiger partial charge in [-0.3, -0.25) is 0 Å². The minimum absolute atomic E-state index is 0.121. The molecule has 1 aliphatic heterocycles. The summed E-state index contributed by atoms with van der Waals surface area (Å²) in [5.41, 5.74) is 2.50. The van der Waals surface area contributed by atoms with Crippen LogP contribution in [0.15, 0.2) is 59.1 Å². The van der Waals surface area contributed by atoms with E-state index in [1.807, 2.05) is 61.5 Å². The lowest BCUT2D eigenvalue weighted by Crippen LogP contribution is -2.35. The Labute approximate surface area is 175 Å². The van der Waals surface area contributed by atoms with Crippen molar-refractivity contribution in [1.29, 1.82) is 0 Å². The number of rotatable bonds is 7. The minimum Gasteiger partial charge on any atom is -0.376 e. The molecule has 0 spiro atoms. The van der Waals surface area contributed by atoms with Gasteiger partial charge in [-0.05, 0) is 44.0 Å². The number of hydrogen-bond acceptors (Lipinski definition) is 6. The van der Waals surface area contributed by atoms with Crippen molar-refractivity contribution in [2.45, 2.75) is 31.9 Å². The molecule has 8 heteroatoms. The Bertz CT molecular complexity index is 952. The number of aromatic nitrogens is 2. The Morgan fingerprint density at radius 1 is 1.13 bits per heavy atom. The summed E-state index contributed by atoms with van der Waals surface area (Å²) in [6.45, 7) is 3.25. The molecule has 2 atom stereocenters. The summed E-state index contributed by atoms with van der Waals surface area (Å²) in [5, 5.41) is 13.0. The predicted molar refractivity (Wildman–Crippen MR) is 114 cm³/mol. The molecule has 4 rings (SSSR count). The number of carbonyl (C=O) groups is 1. The number of amides is 2. The van der Waals surface area contributed by atoms with Gasteiger partial charge in [-0.2, -0.15) is 4.98 Å². The van der Waals surface area contributed by atoms with E-state index in [4.69, 9.17) is 9.26 Å². The van der Waals surface area contributed by atoms with Crippen molar-refractivity contribution in [3.8, 4) is 11.4 Å². The minimum atomic E-state index is -0.237. The van der Waals surface area contributed by atoms with Crippen molar-refractivity contribution in [3.63, 3.8) is 0 Å². The zero-order valence-electron chi connectivity index (χ0n) is 16.8. The molecule has 8 nitrogen and oxygen atoms in total. The molecule has 2 heterocycles. The molecule has 2 unspecified atom stereocenters. The highest BCUT2D eigenvalue weighted by molar-refractivity contribution is 5.89. The molecular weight excluding hydrogens is 382 g/mol. The summed E-state index contributed by atoms with van der Waals surface area (Å²) in [6.07, 6.45) is 2.17. The molecule has 0 radical (unpaired) electrons. The van der Waals surface area contributed by atoms with Crippen molar-refractivity contribution < 1.29 is 14.1 Å². The van der Waals surface area contributed by atoms with Crippen molar-refractivity contribution in [3.05, 3.63) is 60.5 Å². The standard InChI is InChI=1S/C22H25N5O3/c1-15(21-26-20(27-30-21)16-6-3-2-4-7-16)24-17-9-11-18(12-10-17)25-22(28)23-14-19-8-5-13-29-19/h2-4,6-7,9-12,15,19,24H,5,8,13-14H2,1H3,(H2,23,25,28). The van der Waals surface area contributed by atoms with Gasteiger partial charge in [0.2, 0.25) is 11.7 Å². The van der Waals surface area contributed by atoms with E-state index in [-0.39, 0.29) is 18.2 Å². The van der Waals surface area contributed by atoms with Gasteiger partial charge in [-0.15, -0.1) is 0 Å². The lowest BCUT2D eigenvalue weighted by atomic mass is 10.2. The molecule has 0 aliphatic carbocycles. The van der Waals surface area contributed by atoms with Crippen LogP contribution in [0.25, 0.3) is 11.4 Å². The second-order valence-electron chi connectivity index (χ2n) is 7.24. The fraction of sp³-hybridized carbons (Fsp3) is 0.318. The third-order valence-electron chi connectivity index (χ3n) is 4.88. The van der Waals surface area contributed by atoms with Crippen LogP contribution >= 0.6 is 0 Å². The first-order valence-corrected chi connectivity index (χ1v) is 10.1. The highest BCUT2D eigenvalue weighted by Crippen LogP contribution is 2.22. The quantitative estimate of drug-likeness (QED) is 0.542. The molecule has 0 bridgehead atoms. The van der Waals surface area contributed by atoms with Crippen LogP contribution in [0.5, 0.6) is 0 Å². The summed E-state index contributed by atoms with van der Waals surface area (Å²) in [6, 6.07) is 16.7. The third-order valence-corrected chi connectivity index (χ3v) is 4.88. The number of carbonyl (C=O) groups excluding carboxylic acids is 1. The molecule has 1 saturated heterocycles. The molecule has 156 valence electrons. The zero-order chi connectivity index (χ0) is 20.8. The maximum Gasteiger partial charge on any atom is 0.319 e. The average molecular weight is 407 g/mol. The monoisotopic (exact) mass is 407 g/mol. The number of hydrogen-bond donors (Lipinski definition) is 3. The van der Waals surface area contributed by atoms with Crippen LogP contribution in [0.4, 0.5) is 16.2 Å². The fourth-order valence-electron chi connectivity index (χ4n) is 3.26. The number of nitrogens with one attached hydrogen (secondary N) is 3. The van der Waals surface area contributed by atoms with Crippen LogP contribution in [-0.4, -0.2) is 35.4 Å². The second-order valence-corrected chi connectivity index (χ2v) is 7.24. The van der Waals surface area contributed by atoms with E-state index in [0.29, 0.717) is 23.9 Å². The van der Waals surface area contributed by atoms with Crippen LogP contribution in [0.3, 0.4) is 0 Å². The van der Waals surface area contributed by atoms with Crippen LogP contribution in [0.1, 0.15) is 31.7 Å². The van der Waals surface area contributed by atoms with E-state index in [1.165, 1.54) is 0 Å². The van der Waals surface area contributed by atoms with Gasteiger partial charge >= 0.3 is 6.03 Å². The predicted octanol–water partition coefficient (Wildman–Crippen LogP) is 4.21. The largest absolute Gasteiger partial charge is 0.376 e. The third kappa shape index (κ3) is 5.15. The van der Waals surface area contributed by atoms with Crippen LogP contribution < -0.4 is 16.0 Å². The molecule has 2 aromatic carbocycles. The topological polar surface area (TPSA) is 101 Å². The van der Waals surface area contributed by atoms with Gasteiger partial charge in [0.05, 0.1) is 6.10 Å². The number of urea groups is 1. The van der Waals surface area contributed by atoms with E-state index in [9.17, 15) is 4.79 Å². The Balaban J connectivity index is 1.28. The number of benzene rings is 2. The van der Waals surface area contributed by atoms with Crippen molar-refractivity contribution in [1.82, 2.24) is 15.5 Å². The smallest absolute Gasteiger partial charge is 0.319 e. The average Bonchev–Trinajstić information content (AvgIpc) is 3.47. The highest BCUT2D eigenvalue weighted by Gasteiger charge is 2.17. The SMILES string of the molecule is CC(Nc1ccc(NC(=O)NCC2CCCO2)cc1)c1nc(-c2ccccc2)no1. The van der Waals surface area contributed by atoms with Gasteiger partial charge in [0.1, 0.15) is 6.04 Å². The maximum absolute atomic E-state index is 12.0. The molecule has 3 aromatic rings. The number of ether oxygens (including phenoxy) is 1. The number of nitrogens with zero attached hydrogens (tertiary/aromatic N) is 2. The summed E-state index contributed by atoms with van der Waals surface area (Å²) in [7, 11) is 0. The Morgan fingerprint density at radius 3 is 2.63 bits per heavy atom. The first kappa shape index (κ1) is 19.9. The van der Waals surface area contributed by atoms with Gasteiger partial charge in [-0.25, -0.2) is 4.79 Å². The summed E-state index contributed by atoms with van der Waals surface area (Å²) < 4.78 is 10.9. The Kier molecular flexibility index (Phi) is 6.24. The normalized spacial score (nSPS) is 16.8. The molecular formula is C22H25N5O3. The summed E-state index contributed by atoms with van der Waals surface area (Å²) in [4.78, 5) is 16.5. The van der Waals surface area contributed by atoms with E-state index in [1.54, 1.807) is 0 Å². The van der Waals surface area contributed by atoms with Crippen LogP contribution in [0, 0.1) is 0 Å². The lowest BCUT2D eigenvalue weighted by Gasteiger charge is -2.13. The Hall–Kier alpha value is -3.39. The first-order chi connectivity index (χ1) is 14.7. The molecule has 1 aromatic heterocycles. The molecule has 1 fully saturated rings. The maximum atomic E-state index is 12.0. The molecule has 3 N–H and O–H groups in total. The van der Waals surface area contributed by atoms with Gasteiger partial charge in [0.15, 0.2) is 0 Å². The van der Waals surface area contributed by atoms with Gasteiger partial charge in [0, 0.05) is 30.1 Å². The zero-order valence-corrected chi connectivity index (χ0v) is 16.8. The van der Waals surface area contributed by atoms with Crippen LogP contribution in [0.2, 0.25) is 0 Å². The van der Waals surface area contributed by atoms with E-state index >= 15 is 0 Å². The molecule has 2 amide bonds. The Morgan fingerprint density at radius 2 is 1.90 bits per heavy atom. The van der Waals surface area contributed by atoms with E-state index < -0.39 is 0 Å². The van der Waals surface area contributed by atoms with E-state index in [0.717, 1.165) is 30.7 Å².